The Kier molecular flexibility index (Phi) is 19.1. The van der Waals surface area contributed by atoms with Gasteiger partial charge in [0, 0.05) is 0 Å². The first-order valence-electron chi connectivity index (χ1n) is 10.3. The first kappa shape index (κ1) is 22.9. The summed E-state index contributed by atoms with van der Waals surface area (Å²) in [5.41, 5.74) is 0. The second-order valence-electron chi connectivity index (χ2n) is 6.80. The van der Waals surface area contributed by atoms with Crippen molar-refractivity contribution in [1.82, 2.24) is 0 Å². The summed E-state index contributed by atoms with van der Waals surface area (Å²) < 4.78 is 0. The average Bonchev–Trinajstić information content (AvgIpc) is 2.56. The fourth-order valence-corrected chi connectivity index (χ4v) is 2.81. The molecule has 0 aliphatic heterocycles. The highest BCUT2D eigenvalue weighted by Gasteiger charge is 1.93. The van der Waals surface area contributed by atoms with Crippen molar-refractivity contribution in [3.8, 4) is 0 Å². The Morgan fingerprint density at radius 1 is 0.625 bits per heavy atom. The lowest BCUT2D eigenvalue weighted by Gasteiger charge is -2.01. The molecule has 0 saturated heterocycles. The van der Waals surface area contributed by atoms with E-state index < -0.39 is 5.97 Å². The molecular weight excluding hydrogens is 296 g/mol. The largest absolute Gasteiger partial charge is 0.481 e. The number of rotatable bonds is 18. The van der Waals surface area contributed by atoms with Crippen LogP contribution >= 0.6 is 0 Å². The van der Waals surface area contributed by atoms with Crippen molar-refractivity contribution in [2.45, 2.75) is 110 Å². The second kappa shape index (κ2) is 20.0. The molecule has 0 spiro atoms. The zero-order valence-electron chi connectivity index (χ0n) is 16.0. The van der Waals surface area contributed by atoms with Gasteiger partial charge in [0.2, 0.25) is 0 Å². The van der Waals surface area contributed by atoms with Crippen LogP contribution in [0.3, 0.4) is 0 Å². The number of carbonyl (C=O) groups is 1. The molecule has 0 bridgehead atoms. The van der Waals surface area contributed by atoms with Crippen molar-refractivity contribution >= 4 is 5.97 Å². The molecule has 0 amide bonds. The van der Waals surface area contributed by atoms with Crippen LogP contribution in [0, 0.1) is 0 Å². The molecule has 0 unspecified atom stereocenters. The zero-order chi connectivity index (χ0) is 17.7. The number of carboxylic acids is 1. The lowest BCUT2D eigenvalue weighted by molar-refractivity contribution is -0.136. The first-order chi connectivity index (χ1) is 11.8. The summed E-state index contributed by atoms with van der Waals surface area (Å²) >= 11 is 0. The number of allylic oxidation sites excluding steroid dienone is 3. The van der Waals surface area contributed by atoms with Crippen LogP contribution < -0.4 is 0 Å². The molecule has 0 aromatic carbocycles. The normalized spacial score (nSPS) is 11.7. The molecule has 24 heavy (non-hydrogen) atoms. The van der Waals surface area contributed by atoms with Crippen molar-refractivity contribution < 1.29 is 9.90 Å². The monoisotopic (exact) mass is 336 g/mol. The quantitative estimate of drug-likeness (QED) is 0.208. The standard InChI is InChI=1S/C22H40O2/c1-2-3-4-5-6-7-8-9-10-11-12-13-14-15-16-17-18-19-20-21-22(23)24/h6-7,19-20H,2-5,8-18,21H2,1H3,(H,23,24). The molecule has 2 nitrogen and oxygen atoms in total. The molecule has 0 aromatic heterocycles. The number of hydrogen-bond donors (Lipinski definition) is 1. The maximum Gasteiger partial charge on any atom is 0.307 e. The van der Waals surface area contributed by atoms with Crippen molar-refractivity contribution in [3.05, 3.63) is 24.3 Å². The Hall–Kier alpha value is -1.05. The van der Waals surface area contributed by atoms with E-state index in [2.05, 4.69) is 19.1 Å². The zero-order valence-corrected chi connectivity index (χ0v) is 16.0. The van der Waals surface area contributed by atoms with Crippen LogP contribution in [0.1, 0.15) is 110 Å². The molecular formula is C22H40O2. The highest BCUT2D eigenvalue weighted by molar-refractivity contribution is 5.68. The molecule has 0 heterocycles. The fourth-order valence-electron chi connectivity index (χ4n) is 2.81. The van der Waals surface area contributed by atoms with E-state index in [1.165, 1.54) is 89.9 Å². The van der Waals surface area contributed by atoms with E-state index in [1.807, 2.05) is 6.08 Å². The van der Waals surface area contributed by atoms with Gasteiger partial charge in [0.25, 0.3) is 0 Å². The number of unbranched alkanes of at least 4 members (excludes halogenated alkanes) is 13. The van der Waals surface area contributed by atoms with Crippen LogP contribution in [-0.2, 0) is 4.79 Å². The minimum absolute atomic E-state index is 0.161. The molecule has 0 saturated carbocycles. The van der Waals surface area contributed by atoms with Gasteiger partial charge in [0.05, 0.1) is 6.42 Å². The van der Waals surface area contributed by atoms with Crippen LogP contribution in [0.15, 0.2) is 24.3 Å². The molecule has 1 N–H and O–H groups in total. The van der Waals surface area contributed by atoms with Gasteiger partial charge in [-0.1, -0.05) is 89.0 Å². The van der Waals surface area contributed by atoms with Crippen LogP contribution in [0.2, 0.25) is 0 Å². The Balaban J connectivity index is 3.10. The van der Waals surface area contributed by atoms with Crippen LogP contribution in [0.4, 0.5) is 0 Å². The Bertz CT molecular complexity index is 318. The Morgan fingerprint density at radius 3 is 1.42 bits per heavy atom. The Morgan fingerprint density at radius 2 is 1.00 bits per heavy atom. The number of carboxylic acid groups (broad SMARTS) is 1. The van der Waals surface area contributed by atoms with Crippen LogP contribution in [0.5, 0.6) is 0 Å². The Labute approximate surface area is 150 Å². The van der Waals surface area contributed by atoms with E-state index in [9.17, 15) is 4.79 Å². The van der Waals surface area contributed by atoms with Gasteiger partial charge in [-0.25, -0.2) is 0 Å². The highest BCUT2D eigenvalue weighted by Crippen LogP contribution is 2.12. The third-order valence-corrected chi connectivity index (χ3v) is 4.34. The first-order valence-corrected chi connectivity index (χ1v) is 10.3. The van der Waals surface area contributed by atoms with Crippen molar-refractivity contribution in [2.75, 3.05) is 0 Å². The summed E-state index contributed by atoms with van der Waals surface area (Å²) in [4.78, 5) is 10.3. The molecule has 140 valence electrons. The highest BCUT2D eigenvalue weighted by atomic mass is 16.4. The number of hydrogen-bond acceptors (Lipinski definition) is 1. The smallest absolute Gasteiger partial charge is 0.307 e. The van der Waals surface area contributed by atoms with Crippen molar-refractivity contribution in [3.63, 3.8) is 0 Å². The van der Waals surface area contributed by atoms with Crippen molar-refractivity contribution in [2.24, 2.45) is 0 Å². The van der Waals surface area contributed by atoms with Gasteiger partial charge < -0.3 is 5.11 Å². The molecule has 0 aliphatic rings. The molecule has 2 heteroatoms. The van der Waals surface area contributed by atoms with Gasteiger partial charge in [-0.2, -0.15) is 0 Å². The summed E-state index contributed by atoms with van der Waals surface area (Å²) in [7, 11) is 0. The minimum atomic E-state index is -0.741. The van der Waals surface area contributed by atoms with Gasteiger partial charge in [0.15, 0.2) is 0 Å². The van der Waals surface area contributed by atoms with Gasteiger partial charge in [0.1, 0.15) is 0 Å². The maximum absolute atomic E-state index is 10.3. The second-order valence-corrected chi connectivity index (χ2v) is 6.80. The lowest BCUT2D eigenvalue weighted by atomic mass is 10.1. The summed E-state index contributed by atoms with van der Waals surface area (Å²) in [5.74, 6) is -0.741. The molecule has 0 aliphatic carbocycles. The molecule has 0 radical (unpaired) electrons. The van der Waals surface area contributed by atoms with Crippen molar-refractivity contribution in [1.29, 1.82) is 0 Å². The van der Waals surface area contributed by atoms with Gasteiger partial charge in [-0.3, -0.25) is 4.79 Å². The van der Waals surface area contributed by atoms with E-state index in [0.717, 1.165) is 6.42 Å². The third-order valence-electron chi connectivity index (χ3n) is 4.34. The summed E-state index contributed by atoms with van der Waals surface area (Å²) in [6, 6.07) is 0. The minimum Gasteiger partial charge on any atom is -0.481 e. The third kappa shape index (κ3) is 20.9. The molecule has 0 fully saturated rings. The summed E-state index contributed by atoms with van der Waals surface area (Å²) in [6.45, 7) is 2.26. The summed E-state index contributed by atoms with van der Waals surface area (Å²) in [6.07, 6.45) is 28.3. The lowest BCUT2D eigenvalue weighted by Crippen LogP contribution is -1.89. The molecule has 0 atom stereocenters. The predicted molar refractivity (Wildman–Crippen MR) is 105 cm³/mol. The van der Waals surface area contributed by atoms with E-state index in [-0.39, 0.29) is 6.42 Å². The summed E-state index contributed by atoms with van der Waals surface area (Å²) in [5, 5.41) is 8.50. The molecule has 0 aromatic rings. The van der Waals surface area contributed by atoms with Gasteiger partial charge >= 0.3 is 5.97 Å². The fraction of sp³-hybridized carbons (Fsp3) is 0.773. The van der Waals surface area contributed by atoms with E-state index >= 15 is 0 Å². The molecule has 0 rings (SSSR count). The number of aliphatic carboxylic acids is 1. The van der Waals surface area contributed by atoms with E-state index in [1.54, 1.807) is 6.08 Å². The topological polar surface area (TPSA) is 37.3 Å². The predicted octanol–water partition coefficient (Wildman–Crippen LogP) is 7.44. The van der Waals surface area contributed by atoms with Gasteiger partial charge in [-0.05, 0) is 38.5 Å². The van der Waals surface area contributed by atoms with Crippen LogP contribution in [0.25, 0.3) is 0 Å². The van der Waals surface area contributed by atoms with Gasteiger partial charge in [-0.15, -0.1) is 0 Å². The SMILES string of the molecule is CCCCCC=CCCCCCCCCCCCC=CCC(=O)O. The van der Waals surface area contributed by atoms with Crippen LogP contribution in [-0.4, -0.2) is 11.1 Å². The van der Waals surface area contributed by atoms with E-state index in [0.29, 0.717) is 0 Å². The average molecular weight is 337 g/mol. The maximum atomic E-state index is 10.3. The van der Waals surface area contributed by atoms with E-state index in [4.69, 9.17) is 5.11 Å².